The van der Waals surface area contributed by atoms with Crippen molar-refractivity contribution in [3.8, 4) is 0 Å². The number of carbonyl (C=O) groups is 1. The van der Waals surface area contributed by atoms with Crippen molar-refractivity contribution in [2.24, 2.45) is 5.73 Å². The molecule has 0 atom stereocenters. The molecule has 3 N–H and O–H groups in total. The van der Waals surface area contributed by atoms with Crippen molar-refractivity contribution in [1.82, 2.24) is 10.3 Å². The Balaban J connectivity index is 0.00000225. The fraction of sp³-hybridized carbons (Fsp3) is 0.500. The van der Waals surface area contributed by atoms with Crippen molar-refractivity contribution in [2.45, 2.75) is 12.8 Å². The molecule has 1 rings (SSSR count). The summed E-state index contributed by atoms with van der Waals surface area (Å²) in [6, 6.07) is 0. The Morgan fingerprint density at radius 2 is 2.31 bits per heavy atom. The highest BCUT2D eigenvalue weighted by atomic mass is 35.5. The molecule has 1 heterocycles. The number of aromatic nitrogens is 1. The van der Waals surface area contributed by atoms with Crippen LogP contribution in [-0.2, 0) is 6.42 Å². The topological polar surface area (TPSA) is 68.0 Å². The molecule has 1 aromatic heterocycles. The van der Waals surface area contributed by atoms with E-state index in [1.807, 2.05) is 0 Å². The third-order valence-electron chi connectivity index (χ3n) is 1.56. The van der Waals surface area contributed by atoms with E-state index in [9.17, 15) is 13.6 Å². The maximum atomic E-state index is 11.8. The van der Waals surface area contributed by atoms with Crippen molar-refractivity contribution in [2.75, 3.05) is 13.1 Å². The van der Waals surface area contributed by atoms with Gasteiger partial charge >= 0.3 is 0 Å². The van der Waals surface area contributed by atoms with E-state index in [1.165, 1.54) is 16.7 Å². The first-order valence-corrected chi connectivity index (χ1v) is 5.22. The fourth-order valence-corrected chi connectivity index (χ4v) is 1.71. The van der Waals surface area contributed by atoms with Crippen LogP contribution in [0.2, 0.25) is 0 Å². The van der Waals surface area contributed by atoms with Gasteiger partial charge in [-0.3, -0.25) is 4.79 Å². The van der Waals surface area contributed by atoms with E-state index in [0.717, 1.165) is 5.01 Å². The van der Waals surface area contributed by atoms with Crippen LogP contribution in [0.3, 0.4) is 0 Å². The second-order valence-corrected chi connectivity index (χ2v) is 3.71. The van der Waals surface area contributed by atoms with Gasteiger partial charge in [-0.1, -0.05) is 0 Å². The molecule has 0 aliphatic carbocycles. The van der Waals surface area contributed by atoms with Gasteiger partial charge < -0.3 is 11.1 Å². The molecule has 0 radical (unpaired) electrons. The number of nitrogens with zero attached hydrogens (tertiary/aromatic N) is 1. The van der Waals surface area contributed by atoms with Crippen LogP contribution in [0.5, 0.6) is 0 Å². The van der Waals surface area contributed by atoms with Crippen molar-refractivity contribution in [1.29, 1.82) is 0 Å². The summed E-state index contributed by atoms with van der Waals surface area (Å²) in [6.07, 6.45) is -1.96. The lowest BCUT2D eigenvalue weighted by atomic mass is 10.4. The molecular weight excluding hydrogens is 260 g/mol. The summed E-state index contributed by atoms with van der Waals surface area (Å²) in [5, 5.41) is 4.35. The highest BCUT2D eigenvalue weighted by molar-refractivity contribution is 7.09. The Bertz CT molecular complexity index is 335. The zero-order valence-electron chi connectivity index (χ0n) is 8.28. The number of carbonyl (C=O) groups excluding carboxylic acids is 1. The Hall–Kier alpha value is -0.790. The van der Waals surface area contributed by atoms with Crippen LogP contribution in [0, 0.1) is 0 Å². The Kier molecular flexibility index (Phi) is 7.11. The average Bonchev–Trinajstić information content (AvgIpc) is 2.63. The van der Waals surface area contributed by atoms with E-state index in [2.05, 4.69) is 10.3 Å². The van der Waals surface area contributed by atoms with Crippen LogP contribution < -0.4 is 11.1 Å². The minimum atomic E-state index is -2.55. The van der Waals surface area contributed by atoms with E-state index >= 15 is 0 Å². The number of nitrogens with two attached hydrogens (primary N) is 1. The number of alkyl halides is 2. The average molecular weight is 272 g/mol. The minimum Gasteiger partial charge on any atom is -0.345 e. The van der Waals surface area contributed by atoms with E-state index in [1.54, 1.807) is 0 Å². The maximum absolute atomic E-state index is 11.8. The van der Waals surface area contributed by atoms with Gasteiger partial charge in [0.15, 0.2) is 0 Å². The molecule has 0 saturated carbocycles. The zero-order chi connectivity index (χ0) is 11.3. The Morgan fingerprint density at radius 3 is 2.88 bits per heavy atom. The molecule has 0 aliphatic rings. The normalized spacial score (nSPS) is 10.0. The lowest BCUT2D eigenvalue weighted by Gasteiger charge is -2.00. The highest BCUT2D eigenvalue weighted by Gasteiger charge is 2.12. The van der Waals surface area contributed by atoms with Crippen molar-refractivity contribution in [3.63, 3.8) is 0 Å². The molecule has 16 heavy (non-hydrogen) atoms. The lowest BCUT2D eigenvalue weighted by Crippen LogP contribution is -2.28. The van der Waals surface area contributed by atoms with Gasteiger partial charge in [-0.2, -0.15) is 0 Å². The predicted octanol–water partition coefficient (Wildman–Crippen LogP) is 1.06. The Morgan fingerprint density at radius 1 is 1.62 bits per heavy atom. The number of hydrogen-bond donors (Lipinski definition) is 2. The van der Waals surface area contributed by atoms with Gasteiger partial charge in [0.1, 0.15) is 5.69 Å². The van der Waals surface area contributed by atoms with Gasteiger partial charge in [0, 0.05) is 11.8 Å². The largest absolute Gasteiger partial charge is 0.345 e. The quantitative estimate of drug-likeness (QED) is 0.841. The zero-order valence-corrected chi connectivity index (χ0v) is 9.91. The molecule has 0 saturated heterocycles. The maximum Gasteiger partial charge on any atom is 0.270 e. The first-order valence-electron chi connectivity index (χ1n) is 4.34. The number of halogens is 3. The van der Waals surface area contributed by atoms with Gasteiger partial charge in [0.2, 0.25) is 0 Å². The van der Waals surface area contributed by atoms with E-state index < -0.39 is 18.9 Å². The number of thiazole rings is 1. The number of nitrogens with one attached hydrogen (secondary N) is 1. The van der Waals surface area contributed by atoms with Crippen LogP contribution in [0.1, 0.15) is 15.5 Å². The lowest BCUT2D eigenvalue weighted by molar-refractivity contribution is 0.0887. The van der Waals surface area contributed by atoms with Crippen LogP contribution >= 0.6 is 23.7 Å². The summed E-state index contributed by atoms with van der Waals surface area (Å²) < 4.78 is 23.6. The summed E-state index contributed by atoms with van der Waals surface area (Å²) >= 11 is 1.30. The molecule has 92 valence electrons. The highest BCUT2D eigenvalue weighted by Crippen LogP contribution is 2.09. The molecule has 0 spiro atoms. The molecular formula is C8H12ClF2N3OS. The third kappa shape index (κ3) is 4.82. The predicted molar refractivity (Wildman–Crippen MR) is 60.5 cm³/mol. The standard InChI is InChI=1S/C8H11F2N3OS.ClH/c9-6(10)3-12-8(14)5-4-15-7(13-5)1-2-11;/h4,6H,1-3,11H2,(H,12,14);1H. The van der Waals surface area contributed by atoms with Crippen LogP contribution in [-0.4, -0.2) is 30.4 Å². The molecule has 0 aromatic carbocycles. The number of amides is 1. The molecule has 0 bridgehead atoms. The molecule has 4 nitrogen and oxygen atoms in total. The smallest absolute Gasteiger partial charge is 0.270 e. The third-order valence-corrected chi connectivity index (χ3v) is 2.47. The van der Waals surface area contributed by atoms with Gasteiger partial charge in [0.25, 0.3) is 12.3 Å². The molecule has 0 fully saturated rings. The van der Waals surface area contributed by atoms with Gasteiger partial charge in [-0.15, -0.1) is 23.7 Å². The molecule has 0 aliphatic heterocycles. The van der Waals surface area contributed by atoms with Crippen LogP contribution in [0.25, 0.3) is 0 Å². The van der Waals surface area contributed by atoms with Crippen molar-refractivity contribution >= 4 is 29.7 Å². The molecule has 0 unspecified atom stereocenters. The summed E-state index contributed by atoms with van der Waals surface area (Å²) in [6.45, 7) is -0.200. The van der Waals surface area contributed by atoms with Gasteiger partial charge in [-0.25, -0.2) is 13.8 Å². The Labute approximate surface area is 102 Å². The van der Waals surface area contributed by atoms with Crippen molar-refractivity contribution < 1.29 is 13.6 Å². The van der Waals surface area contributed by atoms with Gasteiger partial charge in [-0.05, 0) is 6.54 Å². The monoisotopic (exact) mass is 271 g/mol. The van der Waals surface area contributed by atoms with Gasteiger partial charge in [0.05, 0.1) is 11.6 Å². The first-order chi connectivity index (χ1) is 7.13. The summed E-state index contributed by atoms with van der Waals surface area (Å²) in [5.74, 6) is -0.574. The molecule has 1 aromatic rings. The fourth-order valence-electron chi connectivity index (χ4n) is 0.914. The van der Waals surface area contributed by atoms with E-state index in [4.69, 9.17) is 5.73 Å². The summed E-state index contributed by atoms with van der Waals surface area (Å²) in [5.41, 5.74) is 5.48. The second-order valence-electron chi connectivity index (χ2n) is 2.77. The first kappa shape index (κ1) is 15.2. The molecule has 8 heteroatoms. The van der Waals surface area contributed by atoms with E-state index in [-0.39, 0.29) is 18.1 Å². The van der Waals surface area contributed by atoms with Crippen LogP contribution in [0.15, 0.2) is 5.38 Å². The van der Waals surface area contributed by atoms with Crippen molar-refractivity contribution in [3.05, 3.63) is 16.1 Å². The van der Waals surface area contributed by atoms with Crippen LogP contribution in [0.4, 0.5) is 8.78 Å². The summed E-state index contributed by atoms with van der Waals surface area (Å²) in [7, 11) is 0. The minimum absolute atomic E-state index is 0. The second kappa shape index (κ2) is 7.48. The molecule has 1 amide bonds. The number of hydrogen-bond acceptors (Lipinski definition) is 4. The number of rotatable bonds is 5. The van der Waals surface area contributed by atoms with E-state index in [0.29, 0.717) is 13.0 Å². The SMILES string of the molecule is Cl.NCCc1nc(C(=O)NCC(F)F)cs1. The summed E-state index contributed by atoms with van der Waals surface area (Å²) in [4.78, 5) is 15.2.